The van der Waals surface area contributed by atoms with Gasteiger partial charge >= 0.3 is 0 Å². The van der Waals surface area contributed by atoms with Crippen molar-refractivity contribution in [2.24, 2.45) is 0 Å². The van der Waals surface area contributed by atoms with Gasteiger partial charge in [0, 0.05) is 31.2 Å². The minimum absolute atomic E-state index is 0.0110. The molecule has 0 aliphatic carbocycles. The maximum atomic E-state index is 14.7. The molecule has 4 aromatic rings. The molecule has 0 bridgehead atoms. The number of rotatable bonds is 4. The quantitative estimate of drug-likeness (QED) is 0.464. The lowest BCUT2D eigenvalue weighted by atomic mass is 10.0. The van der Waals surface area contributed by atoms with E-state index < -0.39 is 21.6 Å². The van der Waals surface area contributed by atoms with Crippen LogP contribution in [0.2, 0.25) is 0 Å². The SMILES string of the molecule is CS(=O)(=O)c1nnc2n1CCN(C(=O)c1cc(Cc3n[nH]c(=O)c4ccccc34)ccc1F)C2. The fraction of sp³-hybridized carbons (Fsp3) is 0.227. The van der Waals surface area contributed by atoms with Crippen molar-refractivity contribution >= 4 is 26.5 Å². The van der Waals surface area contributed by atoms with Crippen molar-refractivity contribution in [2.45, 2.75) is 24.7 Å². The molecule has 1 aliphatic rings. The second-order valence-electron chi connectivity index (χ2n) is 8.09. The first-order chi connectivity index (χ1) is 16.2. The summed E-state index contributed by atoms with van der Waals surface area (Å²) in [5, 5.41) is 15.3. The Morgan fingerprint density at radius 2 is 1.88 bits per heavy atom. The molecule has 0 unspecified atom stereocenters. The van der Waals surface area contributed by atoms with Crippen LogP contribution in [0.4, 0.5) is 4.39 Å². The van der Waals surface area contributed by atoms with Crippen molar-refractivity contribution in [3.8, 4) is 0 Å². The van der Waals surface area contributed by atoms with E-state index in [0.29, 0.717) is 27.9 Å². The Morgan fingerprint density at radius 3 is 2.65 bits per heavy atom. The monoisotopic (exact) mass is 482 g/mol. The number of sulfone groups is 1. The Hall–Kier alpha value is -3.93. The third-order valence-corrected chi connectivity index (χ3v) is 6.71. The van der Waals surface area contributed by atoms with Crippen molar-refractivity contribution in [1.82, 2.24) is 29.9 Å². The average molecular weight is 482 g/mol. The molecule has 174 valence electrons. The van der Waals surface area contributed by atoms with Crippen LogP contribution in [0.3, 0.4) is 0 Å². The number of benzene rings is 2. The highest BCUT2D eigenvalue weighted by molar-refractivity contribution is 7.90. The van der Waals surface area contributed by atoms with E-state index >= 15 is 0 Å². The Bertz CT molecular complexity index is 1610. The highest BCUT2D eigenvalue weighted by Crippen LogP contribution is 2.22. The van der Waals surface area contributed by atoms with E-state index in [1.807, 2.05) is 0 Å². The number of fused-ring (bicyclic) bond motifs is 2. The average Bonchev–Trinajstić information content (AvgIpc) is 3.26. The summed E-state index contributed by atoms with van der Waals surface area (Å²) in [4.78, 5) is 26.6. The molecule has 0 atom stereocenters. The normalized spacial score (nSPS) is 13.8. The summed E-state index contributed by atoms with van der Waals surface area (Å²) in [6.45, 7) is 0.379. The fourth-order valence-electron chi connectivity index (χ4n) is 4.09. The lowest BCUT2D eigenvalue weighted by Gasteiger charge is -2.28. The Morgan fingerprint density at radius 1 is 1.12 bits per heavy atom. The van der Waals surface area contributed by atoms with Crippen LogP contribution in [0.1, 0.15) is 27.4 Å². The molecule has 0 saturated carbocycles. The number of nitrogens with one attached hydrogen (secondary N) is 1. The van der Waals surface area contributed by atoms with Gasteiger partial charge in [-0.1, -0.05) is 24.3 Å². The predicted molar refractivity (Wildman–Crippen MR) is 119 cm³/mol. The van der Waals surface area contributed by atoms with Crippen LogP contribution in [0.15, 0.2) is 52.4 Å². The van der Waals surface area contributed by atoms with Gasteiger partial charge in [-0.05, 0) is 23.8 Å². The van der Waals surface area contributed by atoms with E-state index in [9.17, 15) is 22.4 Å². The number of halogens is 1. The van der Waals surface area contributed by atoms with Crippen molar-refractivity contribution in [1.29, 1.82) is 0 Å². The van der Waals surface area contributed by atoms with Crippen molar-refractivity contribution < 1.29 is 17.6 Å². The molecule has 12 heteroatoms. The molecule has 2 aromatic heterocycles. The van der Waals surface area contributed by atoms with Gasteiger partial charge in [0.1, 0.15) is 5.82 Å². The van der Waals surface area contributed by atoms with E-state index in [-0.39, 0.29) is 42.3 Å². The lowest BCUT2D eigenvalue weighted by Crippen LogP contribution is -2.39. The number of aromatic amines is 1. The predicted octanol–water partition coefficient (Wildman–Crippen LogP) is 1.30. The summed E-state index contributed by atoms with van der Waals surface area (Å²) in [5.41, 5.74) is 0.836. The van der Waals surface area contributed by atoms with Crippen LogP contribution in [0.5, 0.6) is 0 Å². The van der Waals surface area contributed by atoms with Gasteiger partial charge in [0.15, 0.2) is 5.82 Å². The van der Waals surface area contributed by atoms with Crippen LogP contribution < -0.4 is 5.56 Å². The van der Waals surface area contributed by atoms with E-state index in [1.165, 1.54) is 21.6 Å². The molecule has 34 heavy (non-hydrogen) atoms. The standard InChI is InChI=1S/C22H19FN6O4S/c1-34(32,33)22-27-25-19-12-28(8-9-29(19)22)21(31)16-10-13(6-7-17(16)23)11-18-14-4-2-3-5-15(14)20(30)26-24-18/h2-7,10H,8-9,11-12H2,1H3,(H,26,30). The maximum Gasteiger partial charge on any atom is 0.272 e. The number of carbonyl (C=O) groups excluding carboxylic acids is 1. The van der Waals surface area contributed by atoms with Crippen LogP contribution in [0, 0.1) is 5.82 Å². The number of hydrogen-bond donors (Lipinski definition) is 1. The smallest absolute Gasteiger partial charge is 0.272 e. The van der Waals surface area contributed by atoms with E-state index in [4.69, 9.17) is 0 Å². The molecule has 1 aliphatic heterocycles. The number of carbonyl (C=O) groups is 1. The van der Waals surface area contributed by atoms with Gasteiger partial charge in [-0.3, -0.25) is 14.2 Å². The molecular weight excluding hydrogens is 463 g/mol. The summed E-state index contributed by atoms with van der Waals surface area (Å²) in [6.07, 6.45) is 1.33. The first-order valence-corrected chi connectivity index (χ1v) is 12.3. The molecule has 0 fully saturated rings. The second-order valence-corrected chi connectivity index (χ2v) is 9.99. The van der Waals surface area contributed by atoms with Crippen molar-refractivity contribution in [3.63, 3.8) is 0 Å². The number of amides is 1. The topological polar surface area (TPSA) is 131 Å². The number of hydrogen-bond acceptors (Lipinski definition) is 7. The summed E-state index contributed by atoms with van der Waals surface area (Å²) < 4.78 is 39.8. The molecule has 0 spiro atoms. The maximum absolute atomic E-state index is 14.7. The van der Waals surface area contributed by atoms with E-state index in [0.717, 1.165) is 6.26 Å². The highest BCUT2D eigenvalue weighted by Gasteiger charge is 2.29. The molecule has 5 rings (SSSR count). The lowest BCUT2D eigenvalue weighted by molar-refractivity contribution is 0.0699. The first-order valence-electron chi connectivity index (χ1n) is 10.4. The summed E-state index contributed by atoms with van der Waals surface area (Å²) in [5.74, 6) is -0.883. The summed E-state index contributed by atoms with van der Waals surface area (Å²) in [6, 6.07) is 11.3. The summed E-state index contributed by atoms with van der Waals surface area (Å²) >= 11 is 0. The van der Waals surface area contributed by atoms with Gasteiger partial charge in [0.2, 0.25) is 15.0 Å². The highest BCUT2D eigenvalue weighted by atomic mass is 32.2. The Balaban J connectivity index is 1.43. The zero-order chi connectivity index (χ0) is 24.0. The summed E-state index contributed by atoms with van der Waals surface area (Å²) in [7, 11) is -3.55. The van der Waals surface area contributed by atoms with Gasteiger partial charge in [-0.2, -0.15) is 5.10 Å². The fourth-order valence-corrected chi connectivity index (χ4v) is 4.88. The van der Waals surface area contributed by atoms with Crippen molar-refractivity contribution in [2.75, 3.05) is 12.8 Å². The Labute approximate surface area is 193 Å². The first kappa shape index (κ1) is 21.9. The molecule has 1 amide bonds. The van der Waals surface area contributed by atoms with Gasteiger partial charge < -0.3 is 4.90 Å². The minimum atomic E-state index is -3.55. The molecule has 1 N–H and O–H groups in total. The third kappa shape index (κ3) is 3.85. The molecule has 0 radical (unpaired) electrons. The Kier molecular flexibility index (Phi) is 5.24. The van der Waals surface area contributed by atoms with Crippen LogP contribution in [0.25, 0.3) is 10.8 Å². The van der Waals surface area contributed by atoms with Gasteiger partial charge in [0.05, 0.1) is 23.2 Å². The largest absolute Gasteiger partial charge is 0.329 e. The van der Waals surface area contributed by atoms with Gasteiger partial charge in [-0.15, -0.1) is 10.2 Å². The zero-order valence-electron chi connectivity index (χ0n) is 18.0. The van der Waals surface area contributed by atoms with Gasteiger partial charge in [0.25, 0.3) is 11.5 Å². The van der Waals surface area contributed by atoms with Crippen LogP contribution >= 0.6 is 0 Å². The zero-order valence-corrected chi connectivity index (χ0v) is 18.8. The van der Waals surface area contributed by atoms with Gasteiger partial charge in [-0.25, -0.2) is 17.9 Å². The van der Waals surface area contributed by atoms with Crippen molar-refractivity contribution in [3.05, 3.63) is 81.3 Å². The molecule has 3 heterocycles. The minimum Gasteiger partial charge on any atom is -0.329 e. The van der Waals surface area contributed by atoms with Crippen LogP contribution in [-0.4, -0.2) is 57.0 Å². The number of nitrogens with zero attached hydrogens (tertiary/aromatic N) is 5. The third-order valence-electron chi connectivity index (χ3n) is 5.75. The molecule has 0 saturated heterocycles. The number of aromatic nitrogens is 5. The van der Waals surface area contributed by atoms with E-state index in [2.05, 4.69) is 20.4 Å². The molecule has 2 aromatic carbocycles. The number of H-pyrrole nitrogens is 1. The molecular formula is C22H19FN6O4S. The van der Waals surface area contributed by atoms with E-state index in [1.54, 1.807) is 30.3 Å². The molecule has 10 nitrogen and oxygen atoms in total. The van der Waals surface area contributed by atoms with Crippen LogP contribution in [-0.2, 0) is 29.3 Å². The second kappa shape index (κ2) is 8.13.